The third-order valence-electron chi connectivity index (χ3n) is 4.64. The maximum absolute atomic E-state index is 12.9. The van der Waals surface area contributed by atoms with Gasteiger partial charge in [-0.1, -0.05) is 24.6 Å². The van der Waals surface area contributed by atoms with E-state index in [0.29, 0.717) is 50.1 Å². The summed E-state index contributed by atoms with van der Waals surface area (Å²) in [5, 5.41) is 2.96. The molecule has 168 valence electrons. The van der Waals surface area contributed by atoms with Gasteiger partial charge in [0.2, 0.25) is 10.0 Å². The number of anilines is 1. The second kappa shape index (κ2) is 10.3. The van der Waals surface area contributed by atoms with Gasteiger partial charge in [0.05, 0.1) is 36.8 Å². The van der Waals surface area contributed by atoms with Crippen LogP contribution >= 0.6 is 11.6 Å². The van der Waals surface area contributed by atoms with Gasteiger partial charge in [-0.25, -0.2) is 8.42 Å². The zero-order valence-corrected chi connectivity index (χ0v) is 19.0. The average Bonchev–Trinajstić information content (AvgIpc) is 2.78. The number of hydrogen-bond acceptors (Lipinski definition) is 6. The number of carbonyl (C=O) groups excluding carboxylic acids is 1. The Bertz CT molecular complexity index is 1040. The minimum atomic E-state index is -3.67. The molecule has 1 aliphatic heterocycles. The molecule has 0 bridgehead atoms. The van der Waals surface area contributed by atoms with Gasteiger partial charge in [0.15, 0.2) is 11.5 Å². The number of benzene rings is 2. The molecule has 31 heavy (non-hydrogen) atoms. The van der Waals surface area contributed by atoms with E-state index in [9.17, 15) is 13.2 Å². The van der Waals surface area contributed by atoms with Gasteiger partial charge in [0, 0.05) is 24.3 Å². The first kappa shape index (κ1) is 23.3. The predicted molar refractivity (Wildman–Crippen MR) is 118 cm³/mol. The van der Waals surface area contributed by atoms with Crippen LogP contribution in [-0.2, 0) is 14.8 Å². The monoisotopic (exact) mass is 468 g/mol. The molecule has 8 nitrogen and oxygen atoms in total. The second-order valence-electron chi connectivity index (χ2n) is 6.84. The van der Waals surface area contributed by atoms with Crippen LogP contribution in [0.2, 0.25) is 5.02 Å². The lowest BCUT2D eigenvalue weighted by Crippen LogP contribution is -2.40. The van der Waals surface area contributed by atoms with Gasteiger partial charge in [-0.3, -0.25) is 4.79 Å². The van der Waals surface area contributed by atoms with E-state index in [2.05, 4.69) is 5.32 Å². The van der Waals surface area contributed by atoms with E-state index in [1.54, 1.807) is 12.1 Å². The van der Waals surface area contributed by atoms with E-state index in [4.69, 9.17) is 25.8 Å². The third-order valence-corrected chi connectivity index (χ3v) is 6.82. The van der Waals surface area contributed by atoms with E-state index in [1.165, 1.54) is 35.7 Å². The van der Waals surface area contributed by atoms with Crippen molar-refractivity contribution in [2.24, 2.45) is 0 Å². The largest absolute Gasteiger partial charge is 0.493 e. The number of amides is 1. The van der Waals surface area contributed by atoms with Crippen LogP contribution in [0, 0.1) is 0 Å². The molecular weight excluding hydrogens is 444 g/mol. The summed E-state index contributed by atoms with van der Waals surface area (Å²) in [6.07, 6.45) is 0.797. The Kier molecular flexibility index (Phi) is 7.77. The first-order chi connectivity index (χ1) is 14.9. The van der Waals surface area contributed by atoms with Crippen LogP contribution in [0.3, 0.4) is 0 Å². The summed E-state index contributed by atoms with van der Waals surface area (Å²) in [6.45, 7) is 3.74. The van der Waals surface area contributed by atoms with Gasteiger partial charge in [0.1, 0.15) is 0 Å². The molecule has 0 spiro atoms. The second-order valence-corrected chi connectivity index (χ2v) is 9.18. The molecule has 0 saturated carbocycles. The van der Waals surface area contributed by atoms with Crippen LogP contribution in [0.15, 0.2) is 41.3 Å². The van der Waals surface area contributed by atoms with Crippen molar-refractivity contribution in [3.8, 4) is 11.5 Å². The summed E-state index contributed by atoms with van der Waals surface area (Å²) in [5.74, 6) is 0.263. The Morgan fingerprint density at radius 1 is 1.23 bits per heavy atom. The molecule has 0 aliphatic carbocycles. The van der Waals surface area contributed by atoms with E-state index in [0.717, 1.165) is 6.42 Å². The van der Waals surface area contributed by atoms with Gasteiger partial charge in [-0.2, -0.15) is 4.31 Å². The summed E-state index contributed by atoms with van der Waals surface area (Å²) < 4.78 is 43.2. The summed E-state index contributed by atoms with van der Waals surface area (Å²) >= 11 is 6.29. The number of ether oxygens (including phenoxy) is 3. The summed E-state index contributed by atoms with van der Waals surface area (Å²) in [7, 11) is -2.21. The van der Waals surface area contributed by atoms with Crippen LogP contribution in [0.4, 0.5) is 5.69 Å². The fourth-order valence-electron chi connectivity index (χ4n) is 3.07. The van der Waals surface area contributed by atoms with Gasteiger partial charge in [0.25, 0.3) is 5.91 Å². The average molecular weight is 469 g/mol. The molecule has 0 atom stereocenters. The van der Waals surface area contributed by atoms with Crippen LogP contribution in [0.5, 0.6) is 11.5 Å². The van der Waals surface area contributed by atoms with Crippen molar-refractivity contribution >= 4 is 33.2 Å². The Labute approximate surface area is 187 Å². The van der Waals surface area contributed by atoms with Crippen molar-refractivity contribution in [2.75, 3.05) is 45.3 Å². The smallest absolute Gasteiger partial charge is 0.255 e. The molecule has 1 N–H and O–H groups in total. The highest BCUT2D eigenvalue weighted by Gasteiger charge is 2.26. The molecule has 1 amide bonds. The van der Waals surface area contributed by atoms with Gasteiger partial charge in [-0.15, -0.1) is 0 Å². The first-order valence-corrected chi connectivity index (χ1v) is 11.7. The molecular formula is C21H25ClN2O6S. The Morgan fingerprint density at radius 3 is 2.65 bits per heavy atom. The lowest BCUT2D eigenvalue weighted by molar-refractivity contribution is 0.0730. The Hall–Kier alpha value is -2.33. The Balaban J connectivity index is 1.81. The molecule has 0 radical (unpaired) electrons. The highest BCUT2D eigenvalue weighted by molar-refractivity contribution is 7.89. The van der Waals surface area contributed by atoms with Gasteiger partial charge < -0.3 is 19.5 Å². The first-order valence-electron chi connectivity index (χ1n) is 9.86. The van der Waals surface area contributed by atoms with Crippen LogP contribution < -0.4 is 14.8 Å². The minimum absolute atomic E-state index is 0.103. The van der Waals surface area contributed by atoms with Gasteiger partial charge in [-0.05, 0) is 36.8 Å². The predicted octanol–water partition coefficient (Wildman–Crippen LogP) is 3.41. The minimum Gasteiger partial charge on any atom is -0.493 e. The summed E-state index contributed by atoms with van der Waals surface area (Å²) in [6, 6.07) is 9.14. The third kappa shape index (κ3) is 5.48. The maximum atomic E-state index is 12.9. The van der Waals surface area contributed by atoms with Crippen molar-refractivity contribution in [1.82, 2.24) is 4.31 Å². The molecule has 2 aromatic rings. The van der Waals surface area contributed by atoms with Crippen LogP contribution in [-0.4, -0.2) is 58.7 Å². The van der Waals surface area contributed by atoms with Crippen molar-refractivity contribution < 1.29 is 27.4 Å². The topological polar surface area (TPSA) is 94.2 Å². The normalized spacial score (nSPS) is 14.8. The van der Waals surface area contributed by atoms with E-state index < -0.39 is 15.9 Å². The number of hydrogen-bond donors (Lipinski definition) is 1. The number of morpholine rings is 1. The highest BCUT2D eigenvalue weighted by Crippen LogP contribution is 2.36. The molecule has 0 aromatic heterocycles. The summed E-state index contributed by atoms with van der Waals surface area (Å²) in [4.78, 5) is 12.9. The van der Waals surface area contributed by atoms with Crippen molar-refractivity contribution in [1.29, 1.82) is 0 Å². The number of halogens is 1. The SMILES string of the molecule is CCCOc1c(Cl)cc(C(=O)Nc2cccc(S(=O)(=O)N3CCOCC3)c2)cc1OC. The number of nitrogens with one attached hydrogen (secondary N) is 1. The molecule has 1 fully saturated rings. The van der Waals surface area contributed by atoms with Crippen molar-refractivity contribution in [2.45, 2.75) is 18.2 Å². The molecule has 0 unspecified atom stereocenters. The lowest BCUT2D eigenvalue weighted by atomic mass is 10.1. The standard InChI is InChI=1S/C21H25ClN2O6S/c1-3-9-30-20-18(22)12-15(13-19(20)28-2)21(25)23-16-5-4-6-17(14-16)31(26,27)24-7-10-29-11-8-24/h4-6,12-14H,3,7-11H2,1-2H3,(H,23,25). The van der Waals surface area contributed by atoms with Gasteiger partial charge >= 0.3 is 0 Å². The molecule has 10 heteroatoms. The van der Waals surface area contributed by atoms with E-state index in [1.807, 2.05) is 6.92 Å². The highest BCUT2D eigenvalue weighted by atomic mass is 35.5. The van der Waals surface area contributed by atoms with Crippen LogP contribution in [0.1, 0.15) is 23.7 Å². The fourth-order valence-corrected chi connectivity index (χ4v) is 4.79. The fraction of sp³-hybridized carbons (Fsp3) is 0.381. The number of carbonyl (C=O) groups is 1. The molecule has 3 rings (SSSR count). The number of rotatable bonds is 8. The van der Waals surface area contributed by atoms with E-state index in [-0.39, 0.29) is 15.5 Å². The number of sulfonamides is 1. The summed E-state index contributed by atoms with van der Waals surface area (Å²) in [5.41, 5.74) is 0.605. The number of methoxy groups -OCH3 is 1. The van der Waals surface area contributed by atoms with Crippen molar-refractivity contribution in [3.63, 3.8) is 0 Å². The number of nitrogens with zero attached hydrogens (tertiary/aromatic N) is 1. The molecule has 1 saturated heterocycles. The quantitative estimate of drug-likeness (QED) is 0.638. The Morgan fingerprint density at radius 2 is 1.97 bits per heavy atom. The molecule has 1 aliphatic rings. The maximum Gasteiger partial charge on any atom is 0.255 e. The molecule has 1 heterocycles. The van der Waals surface area contributed by atoms with Crippen molar-refractivity contribution in [3.05, 3.63) is 47.0 Å². The molecule has 2 aromatic carbocycles. The zero-order chi connectivity index (χ0) is 22.4. The zero-order valence-electron chi connectivity index (χ0n) is 17.4. The van der Waals surface area contributed by atoms with E-state index >= 15 is 0 Å². The van der Waals surface area contributed by atoms with Crippen LogP contribution in [0.25, 0.3) is 0 Å². The lowest BCUT2D eigenvalue weighted by Gasteiger charge is -2.26.